The molecule has 5 nitrogen and oxygen atoms in total. The second-order valence-corrected chi connectivity index (χ2v) is 6.24. The van der Waals surface area contributed by atoms with Crippen LogP contribution in [0.4, 0.5) is 0 Å². The van der Waals surface area contributed by atoms with Crippen LogP contribution in [-0.2, 0) is 4.79 Å². The monoisotopic (exact) mass is 362 g/mol. The molecule has 0 radical (unpaired) electrons. The fraction of sp³-hybridized carbons (Fsp3) is 0.316. The van der Waals surface area contributed by atoms with Crippen LogP contribution in [0.5, 0.6) is 11.5 Å². The lowest BCUT2D eigenvalue weighted by molar-refractivity contribution is -0.123. The lowest BCUT2D eigenvalue weighted by Crippen LogP contribution is -2.36. The van der Waals surface area contributed by atoms with E-state index in [4.69, 9.17) is 21.1 Å². The number of likely N-dealkylation sites (N-methyl/N-ethyl adjacent to an activating group) is 1. The molecule has 1 amide bonds. The molecule has 0 saturated carbocycles. The van der Waals surface area contributed by atoms with Gasteiger partial charge < -0.3 is 19.7 Å². The van der Waals surface area contributed by atoms with Crippen LogP contribution in [0.15, 0.2) is 48.5 Å². The standard InChI is InChI=1S/C19H23ClN2O3/c1-22(2)18(14-6-4-8-16(10-14)24-3)12-21-19(23)13-25-17-9-5-7-15(20)11-17/h4-11,18H,12-13H2,1-3H3,(H,21,23). The first-order valence-electron chi connectivity index (χ1n) is 7.95. The van der Waals surface area contributed by atoms with Gasteiger partial charge in [-0.25, -0.2) is 0 Å². The van der Waals surface area contributed by atoms with Crippen LogP contribution in [0.1, 0.15) is 11.6 Å². The van der Waals surface area contributed by atoms with Crippen molar-refractivity contribution < 1.29 is 14.3 Å². The van der Waals surface area contributed by atoms with Crippen LogP contribution in [0.3, 0.4) is 0 Å². The highest BCUT2D eigenvalue weighted by atomic mass is 35.5. The Bertz CT molecular complexity index is 707. The zero-order valence-corrected chi connectivity index (χ0v) is 15.4. The molecule has 0 aromatic heterocycles. The van der Waals surface area contributed by atoms with Gasteiger partial charge in [0.2, 0.25) is 0 Å². The predicted molar refractivity (Wildman–Crippen MR) is 99.4 cm³/mol. The molecule has 0 heterocycles. The molecule has 134 valence electrons. The fourth-order valence-electron chi connectivity index (χ4n) is 2.41. The fourth-order valence-corrected chi connectivity index (χ4v) is 2.59. The first kappa shape index (κ1) is 19.1. The summed E-state index contributed by atoms with van der Waals surface area (Å²) in [6, 6.07) is 14.8. The highest BCUT2D eigenvalue weighted by molar-refractivity contribution is 6.30. The summed E-state index contributed by atoms with van der Waals surface area (Å²) in [5, 5.41) is 3.48. The van der Waals surface area contributed by atoms with E-state index in [1.54, 1.807) is 31.4 Å². The van der Waals surface area contributed by atoms with Crippen molar-refractivity contribution >= 4 is 17.5 Å². The Hall–Kier alpha value is -2.24. The molecule has 1 atom stereocenters. The van der Waals surface area contributed by atoms with E-state index in [0.717, 1.165) is 11.3 Å². The van der Waals surface area contributed by atoms with E-state index < -0.39 is 0 Å². The van der Waals surface area contributed by atoms with Gasteiger partial charge in [-0.05, 0) is 50.0 Å². The van der Waals surface area contributed by atoms with Crippen molar-refractivity contribution in [1.29, 1.82) is 0 Å². The van der Waals surface area contributed by atoms with Crippen LogP contribution in [0.2, 0.25) is 5.02 Å². The number of carbonyl (C=O) groups excluding carboxylic acids is 1. The number of carbonyl (C=O) groups is 1. The summed E-state index contributed by atoms with van der Waals surface area (Å²) in [7, 11) is 5.58. The molecule has 0 spiro atoms. The third-order valence-electron chi connectivity index (χ3n) is 3.76. The average Bonchev–Trinajstić information content (AvgIpc) is 2.60. The number of hydrogen-bond donors (Lipinski definition) is 1. The van der Waals surface area contributed by atoms with Gasteiger partial charge in [-0.2, -0.15) is 0 Å². The van der Waals surface area contributed by atoms with Gasteiger partial charge in [0.15, 0.2) is 6.61 Å². The molecule has 0 fully saturated rings. The van der Waals surface area contributed by atoms with Crippen LogP contribution in [0, 0.1) is 0 Å². The van der Waals surface area contributed by atoms with E-state index in [1.165, 1.54) is 0 Å². The third kappa shape index (κ3) is 5.96. The molecule has 25 heavy (non-hydrogen) atoms. The van der Waals surface area contributed by atoms with Gasteiger partial charge in [0.25, 0.3) is 5.91 Å². The number of nitrogens with one attached hydrogen (secondary N) is 1. The minimum absolute atomic E-state index is 0.0326. The average molecular weight is 363 g/mol. The van der Waals surface area contributed by atoms with Crippen molar-refractivity contribution in [2.45, 2.75) is 6.04 Å². The van der Waals surface area contributed by atoms with Gasteiger partial charge in [-0.3, -0.25) is 4.79 Å². The van der Waals surface area contributed by atoms with Crippen molar-refractivity contribution in [3.63, 3.8) is 0 Å². The molecule has 1 unspecified atom stereocenters. The molecular formula is C19H23ClN2O3. The quantitative estimate of drug-likeness (QED) is 0.783. The molecule has 2 rings (SSSR count). The molecular weight excluding hydrogens is 340 g/mol. The Balaban J connectivity index is 1.90. The lowest BCUT2D eigenvalue weighted by atomic mass is 10.1. The largest absolute Gasteiger partial charge is 0.497 e. The number of rotatable bonds is 8. The van der Waals surface area contributed by atoms with Crippen molar-refractivity contribution in [2.75, 3.05) is 34.4 Å². The van der Waals surface area contributed by atoms with Crippen LogP contribution >= 0.6 is 11.6 Å². The van der Waals surface area contributed by atoms with E-state index in [9.17, 15) is 4.79 Å². The van der Waals surface area contributed by atoms with Gasteiger partial charge in [0.05, 0.1) is 13.2 Å². The van der Waals surface area contributed by atoms with Crippen molar-refractivity contribution in [3.05, 3.63) is 59.1 Å². The molecule has 0 saturated heterocycles. The number of halogens is 1. The Morgan fingerprint density at radius 2 is 1.88 bits per heavy atom. The molecule has 1 N–H and O–H groups in total. The second-order valence-electron chi connectivity index (χ2n) is 5.81. The van der Waals surface area contributed by atoms with E-state index >= 15 is 0 Å². The second kappa shape index (κ2) is 9.30. The highest BCUT2D eigenvalue weighted by Crippen LogP contribution is 2.22. The topological polar surface area (TPSA) is 50.8 Å². The molecule has 0 aliphatic heterocycles. The van der Waals surface area contributed by atoms with Crippen LogP contribution < -0.4 is 14.8 Å². The molecule has 2 aromatic carbocycles. The first-order valence-corrected chi connectivity index (χ1v) is 8.33. The number of hydrogen-bond acceptors (Lipinski definition) is 4. The number of benzene rings is 2. The van der Waals surface area contributed by atoms with E-state index in [1.807, 2.05) is 43.3 Å². The summed E-state index contributed by atoms with van der Waals surface area (Å²) in [6.45, 7) is 0.413. The lowest BCUT2D eigenvalue weighted by Gasteiger charge is -2.25. The summed E-state index contributed by atoms with van der Waals surface area (Å²) in [5.74, 6) is 1.18. The minimum atomic E-state index is -0.185. The number of amides is 1. The molecule has 2 aromatic rings. The van der Waals surface area contributed by atoms with Gasteiger partial charge in [0, 0.05) is 11.6 Å². The molecule has 0 bridgehead atoms. The van der Waals surface area contributed by atoms with Gasteiger partial charge in [0.1, 0.15) is 11.5 Å². The van der Waals surface area contributed by atoms with Crippen molar-refractivity contribution in [3.8, 4) is 11.5 Å². The molecule has 6 heteroatoms. The van der Waals surface area contributed by atoms with Crippen molar-refractivity contribution in [2.24, 2.45) is 0 Å². The maximum Gasteiger partial charge on any atom is 0.258 e. The van der Waals surface area contributed by atoms with Crippen LogP contribution in [-0.4, -0.2) is 45.2 Å². The summed E-state index contributed by atoms with van der Waals surface area (Å²) < 4.78 is 10.7. The van der Waals surface area contributed by atoms with E-state index in [0.29, 0.717) is 17.3 Å². The third-order valence-corrected chi connectivity index (χ3v) is 4.00. The van der Waals surface area contributed by atoms with Crippen LogP contribution in [0.25, 0.3) is 0 Å². The number of methoxy groups -OCH3 is 1. The summed E-state index contributed by atoms with van der Waals surface area (Å²) in [5.41, 5.74) is 1.07. The predicted octanol–water partition coefficient (Wildman–Crippen LogP) is 3.15. The van der Waals surface area contributed by atoms with Gasteiger partial charge in [-0.15, -0.1) is 0 Å². The van der Waals surface area contributed by atoms with Gasteiger partial charge in [-0.1, -0.05) is 29.8 Å². The smallest absolute Gasteiger partial charge is 0.258 e. The zero-order valence-electron chi connectivity index (χ0n) is 14.7. The summed E-state index contributed by atoms with van der Waals surface area (Å²) in [4.78, 5) is 14.1. The Morgan fingerprint density at radius 1 is 1.16 bits per heavy atom. The first-order chi connectivity index (χ1) is 12.0. The maximum atomic E-state index is 12.1. The highest BCUT2D eigenvalue weighted by Gasteiger charge is 2.16. The Morgan fingerprint density at radius 3 is 2.56 bits per heavy atom. The summed E-state index contributed by atoms with van der Waals surface area (Å²) >= 11 is 5.89. The Labute approximate surface area is 153 Å². The van der Waals surface area contributed by atoms with Gasteiger partial charge >= 0.3 is 0 Å². The minimum Gasteiger partial charge on any atom is -0.497 e. The number of nitrogens with zero attached hydrogens (tertiary/aromatic N) is 1. The summed E-state index contributed by atoms with van der Waals surface area (Å²) in [6.07, 6.45) is 0. The molecule has 0 aliphatic rings. The van der Waals surface area contributed by atoms with Crippen molar-refractivity contribution in [1.82, 2.24) is 10.2 Å². The van der Waals surface area contributed by atoms with E-state index in [2.05, 4.69) is 5.32 Å². The van der Waals surface area contributed by atoms with E-state index in [-0.39, 0.29) is 18.6 Å². The number of ether oxygens (including phenoxy) is 2. The molecule has 0 aliphatic carbocycles. The normalized spacial score (nSPS) is 11.9. The maximum absolute atomic E-state index is 12.1. The Kier molecular flexibility index (Phi) is 7.10. The SMILES string of the molecule is COc1cccc(C(CNC(=O)COc2cccc(Cl)c2)N(C)C)c1. The zero-order chi connectivity index (χ0) is 18.2.